The van der Waals surface area contributed by atoms with Gasteiger partial charge in [0.15, 0.2) is 11.6 Å². The Hall–Kier alpha value is -1.13. The number of methoxy groups -OCH3 is 1. The fourth-order valence-corrected chi connectivity index (χ4v) is 3.15. The van der Waals surface area contributed by atoms with Gasteiger partial charge in [-0.1, -0.05) is 12.1 Å². The van der Waals surface area contributed by atoms with Crippen LogP contribution in [0.15, 0.2) is 18.2 Å². The Morgan fingerprint density at radius 3 is 2.89 bits per heavy atom. The van der Waals surface area contributed by atoms with E-state index in [1.165, 1.54) is 7.11 Å². The van der Waals surface area contributed by atoms with E-state index in [0.29, 0.717) is 5.56 Å². The molecular weight excluding hydrogens is 235 g/mol. The third-order valence-electron chi connectivity index (χ3n) is 4.09. The first-order valence-electron chi connectivity index (χ1n) is 6.36. The van der Waals surface area contributed by atoms with Gasteiger partial charge in [0, 0.05) is 11.5 Å². The molecule has 0 spiro atoms. The van der Waals surface area contributed by atoms with Crippen molar-refractivity contribution in [3.05, 3.63) is 29.6 Å². The van der Waals surface area contributed by atoms with Crippen LogP contribution in [0.5, 0.6) is 5.75 Å². The van der Waals surface area contributed by atoms with E-state index in [2.05, 4.69) is 0 Å². The fraction of sp³-hybridized carbons (Fsp3) is 0.571. The molecule has 4 unspecified atom stereocenters. The van der Waals surface area contributed by atoms with Crippen molar-refractivity contribution in [3.63, 3.8) is 0 Å². The summed E-state index contributed by atoms with van der Waals surface area (Å²) >= 11 is 0. The number of hydrogen-bond acceptors (Lipinski definition) is 3. The van der Waals surface area contributed by atoms with Gasteiger partial charge in [0.25, 0.3) is 0 Å². The zero-order chi connectivity index (χ0) is 12.7. The van der Waals surface area contributed by atoms with Crippen molar-refractivity contribution in [2.75, 3.05) is 7.11 Å². The van der Waals surface area contributed by atoms with E-state index in [4.69, 9.17) is 9.47 Å². The molecule has 1 N–H and O–H groups in total. The highest BCUT2D eigenvalue weighted by molar-refractivity contribution is 5.33. The van der Waals surface area contributed by atoms with Crippen LogP contribution in [0.1, 0.15) is 30.9 Å². The molecule has 0 radical (unpaired) electrons. The highest BCUT2D eigenvalue weighted by atomic mass is 19.1. The summed E-state index contributed by atoms with van der Waals surface area (Å²) in [5.74, 6) is -0.281. The SMILES string of the molecule is COc1cccc(C(O)C2CC3CCC2O3)c1F. The number of aliphatic hydroxyl groups excluding tert-OH is 1. The number of halogens is 1. The second-order valence-corrected chi connectivity index (χ2v) is 5.08. The molecule has 1 aromatic carbocycles. The summed E-state index contributed by atoms with van der Waals surface area (Å²) in [5, 5.41) is 10.4. The number of rotatable bonds is 3. The van der Waals surface area contributed by atoms with Gasteiger partial charge in [-0.3, -0.25) is 0 Å². The number of fused-ring (bicyclic) bond motifs is 2. The van der Waals surface area contributed by atoms with E-state index in [9.17, 15) is 9.50 Å². The van der Waals surface area contributed by atoms with Crippen LogP contribution in [0.3, 0.4) is 0 Å². The molecule has 18 heavy (non-hydrogen) atoms. The maximum absolute atomic E-state index is 14.1. The van der Waals surface area contributed by atoms with Crippen molar-refractivity contribution in [2.24, 2.45) is 5.92 Å². The van der Waals surface area contributed by atoms with Crippen LogP contribution >= 0.6 is 0 Å². The Bertz CT molecular complexity index is 449. The number of aliphatic hydroxyl groups is 1. The van der Waals surface area contributed by atoms with Gasteiger partial charge in [-0.05, 0) is 25.3 Å². The minimum Gasteiger partial charge on any atom is -0.494 e. The molecule has 1 aromatic rings. The predicted molar refractivity (Wildman–Crippen MR) is 63.9 cm³/mol. The third kappa shape index (κ3) is 1.80. The number of hydrogen-bond donors (Lipinski definition) is 1. The van der Waals surface area contributed by atoms with Gasteiger partial charge in [0.1, 0.15) is 0 Å². The molecule has 0 aliphatic carbocycles. The standard InChI is InChI=1S/C14H17FO3/c1-17-12-4-2-3-9(13(12)15)14(16)10-7-8-5-6-11(10)18-8/h2-4,8,10-11,14,16H,5-7H2,1H3. The van der Waals surface area contributed by atoms with Crippen LogP contribution in [0.4, 0.5) is 4.39 Å². The van der Waals surface area contributed by atoms with E-state index in [-0.39, 0.29) is 23.9 Å². The summed E-state index contributed by atoms with van der Waals surface area (Å²) < 4.78 is 24.7. The zero-order valence-corrected chi connectivity index (χ0v) is 10.3. The molecule has 2 heterocycles. The quantitative estimate of drug-likeness (QED) is 0.898. The van der Waals surface area contributed by atoms with Gasteiger partial charge in [0.2, 0.25) is 0 Å². The Balaban J connectivity index is 1.86. The van der Waals surface area contributed by atoms with Crippen molar-refractivity contribution in [2.45, 2.75) is 37.6 Å². The summed E-state index contributed by atoms with van der Waals surface area (Å²) in [4.78, 5) is 0. The molecule has 2 aliphatic rings. The van der Waals surface area contributed by atoms with Crippen molar-refractivity contribution in [3.8, 4) is 5.75 Å². The molecule has 4 heteroatoms. The molecule has 4 atom stereocenters. The Kier molecular flexibility index (Phi) is 2.99. The van der Waals surface area contributed by atoms with Crippen LogP contribution < -0.4 is 4.74 Å². The van der Waals surface area contributed by atoms with E-state index in [0.717, 1.165) is 19.3 Å². The Morgan fingerprint density at radius 1 is 1.44 bits per heavy atom. The summed E-state index contributed by atoms with van der Waals surface area (Å²) in [5.41, 5.74) is 0.315. The molecule has 0 saturated carbocycles. The van der Waals surface area contributed by atoms with E-state index in [1.807, 2.05) is 0 Å². The van der Waals surface area contributed by atoms with Gasteiger partial charge in [0.05, 0.1) is 25.4 Å². The summed E-state index contributed by atoms with van der Waals surface area (Å²) in [6, 6.07) is 4.88. The maximum Gasteiger partial charge on any atom is 0.170 e. The fourth-order valence-electron chi connectivity index (χ4n) is 3.15. The van der Waals surface area contributed by atoms with Crippen LogP contribution in [-0.2, 0) is 4.74 Å². The smallest absolute Gasteiger partial charge is 0.170 e. The Morgan fingerprint density at radius 2 is 2.28 bits per heavy atom. The first-order chi connectivity index (χ1) is 8.70. The highest BCUT2D eigenvalue weighted by Gasteiger charge is 2.45. The highest BCUT2D eigenvalue weighted by Crippen LogP contribution is 2.45. The molecule has 2 saturated heterocycles. The van der Waals surface area contributed by atoms with Crippen LogP contribution in [-0.4, -0.2) is 24.4 Å². The predicted octanol–water partition coefficient (Wildman–Crippen LogP) is 2.44. The molecular formula is C14H17FO3. The van der Waals surface area contributed by atoms with Gasteiger partial charge >= 0.3 is 0 Å². The molecule has 0 amide bonds. The second-order valence-electron chi connectivity index (χ2n) is 5.08. The van der Waals surface area contributed by atoms with Crippen LogP contribution in [0.25, 0.3) is 0 Å². The molecule has 98 valence electrons. The summed E-state index contributed by atoms with van der Waals surface area (Å²) in [6.45, 7) is 0. The maximum atomic E-state index is 14.1. The average molecular weight is 252 g/mol. The van der Waals surface area contributed by atoms with Gasteiger partial charge in [-0.2, -0.15) is 0 Å². The van der Waals surface area contributed by atoms with Crippen LogP contribution in [0, 0.1) is 11.7 Å². The second kappa shape index (κ2) is 4.52. The van der Waals surface area contributed by atoms with Crippen molar-refractivity contribution >= 4 is 0 Å². The average Bonchev–Trinajstić information content (AvgIpc) is 3.00. The third-order valence-corrected chi connectivity index (χ3v) is 4.09. The van der Waals surface area contributed by atoms with E-state index < -0.39 is 11.9 Å². The number of benzene rings is 1. The largest absolute Gasteiger partial charge is 0.494 e. The molecule has 2 bridgehead atoms. The minimum atomic E-state index is -0.810. The monoisotopic (exact) mass is 252 g/mol. The molecule has 2 fully saturated rings. The lowest BCUT2D eigenvalue weighted by Crippen LogP contribution is -2.24. The zero-order valence-electron chi connectivity index (χ0n) is 10.3. The summed E-state index contributed by atoms with van der Waals surface area (Å²) in [7, 11) is 1.43. The first-order valence-corrected chi connectivity index (χ1v) is 6.36. The van der Waals surface area contributed by atoms with Crippen molar-refractivity contribution in [1.82, 2.24) is 0 Å². The minimum absolute atomic E-state index is 0.00496. The van der Waals surface area contributed by atoms with E-state index in [1.54, 1.807) is 18.2 Å². The van der Waals surface area contributed by atoms with Crippen molar-refractivity contribution < 1.29 is 19.0 Å². The topological polar surface area (TPSA) is 38.7 Å². The Labute approximate surface area is 106 Å². The van der Waals surface area contributed by atoms with Gasteiger partial charge in [-0.25, -0.2) is 4.39 Å². The molecule has 2 aliphatic heterocycles. The lowest BCUT2D eigenvalue weighted by molar-refractivity contribution is 0.0404. The molecule has 0 aromatic heterocycles. The van der Waals surface area contributed by atoms with Gasteiger partial charge in [-0.15, -0.1) is 0 Å². The lowest BCUT2D eigenvalue weighted by Gasteiger charge is -2.25. The van der Waals surface area contributed by atoms with Gasteiger partial charge < -0.3 is 14.6 Å². The normalized spacial score (nSPS) is 31.6. The van der Waals surface area contributed by atoms with Crippen molar-refractivity contribution in [1.29, 1.82) is 0 Å². The summed E-state index contributed by atoms with van der Waals surface area (Å²) in [6.07, 6.45) is 2.38. The van der Waals surface area contributed by atoms with Crippen LogP contribution in [0.2, 0.25) is 0 Å². The number of ether oxygens (including phenoxy) is 2. The molecule has 3 rings (SSSR count). The first kappa shape index (κ1) is 11.9. The molecule has 3 nitrogen and oxygen atoms in total. The lowest BCUT2D eigenvalue weighted by atomic mass is 9.82. The van der Waals surface area contributed by atoms with E-state index >= 15 is 0 Å².